The number of aromatic nitrogens is 2. The highest BCUT2D eigenvalue weighted by atomic mass is 32.2. The van der Waals surface area contributed by atoms with Gasteiger partial charge in [-0.1, -0.05) is 0 Å². The Morgan fingerprint density at radius 3 is 2.82 bits per heavy atom. The normalized spacial score (nSPS) is 14.6. The van der Waals surface area contributed by atoms with Crippen LogP contribution in [0.15, 0.2) is 33.5 Å². The SMILES string of the molecule is Cn1ncc2c1-c1c(S(=O)(=O)c3ccc4c(c3)OCO4)sc(C(N)=O)c1CC2. The van der Waals surface area contributed by atoms with E-state index in [4.69, 9.17) is 15.2 Å². The number of nitrogens with two attached hydrogens (primary N) is 1. The van der Waals surface area contributed by atoms with Crippen molar-refractivity contribution in [3.8, 4) is 22.8 Å². The van der Waals surface area contributed by atoms with Crippen LogP contribution in [0, 0.1) is 0 Å². The minimum atomic E-state index is -3.92. The average Bonchev–Trinajstić information content (AvgIpc) is 3.37. The zero-order chi connectivity index (χ0) is 19.6. The van der Waals surface area contributed by atoms with Gasteiger partial charge in [0.05, 0.1) is 21.7 Å². The molecule has 2 aromatic heterocycles. The zero-order valence-electron chi connectivity index (χ0n) is 14.8. The Balaban J connectivity index is 1.77. The molecule has 1 aliphatic heterocycles. The molecule has 144 valence electrons. The number of thiophene rings is 1. The van der Waals surface area contributed by atoms with E-state index in [1.165, 1.54) is 12.1 Å². The number of primary amides is 1. The second kappa shape index (κ2) is 5.82. The minimum Gasteiger partial charge on any atom is -0.454 e. The standard InChI is InChI=1S/C18H15N3O5S2/c1-21-15-9(7-20-21)2-4-11-14(15)18(27-16(11)17(19)22)28(23,24)10-3-5-12-13(6-10)26-8-25-12/h3,5-7H,2,4,8H2,1H3,(H2,19,22). The van der Waals surface area contributed by atoms with Crippen LogP contribution in [-0.4, -0.2) is 30.9 Å². The van der Waals surface area contributed by atoms with Crippen LogP contribution in [-0.2, 0) is 29.7 Å². The van der Waals surface area contributed by atoms with Gasteiger partial charge in [-0.2, -0.15) is 5.10 Å². The summed E-state index contributed by atoms with van der Waals surface area (Å²) in [4.78, 5) is 12.4. The van der Waals surface area contributed by atoms with Crippen molar-refractivity contribution in [3.63, 3.8) is 0 Å². The van der Waals surface area contributed by atoms with Crippen LogP contribution in [0.2, 0.25) is 0 Å². The number of aryl methyl sites for hydroxylation is 2. The van der Waals surface area contributed by atoms with Crippen LogP contribution >= 0.6 is 11.3 Å². The number of ether oxygens (including phenoxy) is 2. The Morgan fingerprint density at radius 2 is 2.04 bits per heavy atom. The van der Waals surface area contributed by atoms with Crippen molar-refractivity contribution in [2.45, 2.75) is 21.9 Å². The molecule has 0 fully saturated rings. The van der Waals surface area contributed by atoms with Crippen LogP contribution in [0.5, 0.6) is 11.5 Å². The smallest absolute Gasteiger partial charge is 0.259 e. The highest BCUT2D eigenvalue weighted by Gasteiger charge is 2.36. The summed E-state index contributed by atoms with van der Waals surface area (Å²) in [6.07, 6.45) is 2.95. The average molecular weight is 417 g/mol. The zero-order valence-corrected chi connectivity index (χ0v) is 16.4. The summed E-state index contributed by atoms with van der Waals surface area (Å²) < 4.78 is 39.4. The van der Waals surface area contributed by atoms with Gasteiger partial charge in [0.15, 0.2) is 11.5 Å². The molecule has 1 amide bonds. The molecule has 3 aromatic rings. The number of benzene rings is 1. The van der Waals surface area contributed by atoms with Gasteiger partial charge in [0.25, 0.3) is 5.91 Å². The molecule has 3 heterocycles. The van der Waals surface area contributed by atoms with Crippen molar-refractivity contribution in [1.82, 2.24) is 9.78 Å². The summed E-state index contributed by atoms with van der Waals surface area (Å²) in [6.45, 7) is 0.0530. The molecule has 8 nitrogen and oxygen atoms in total. The van der Waals surface area contributed by atoms with Crippen molar-refractivity contribution in [2.75, 3.05) is 6.79 Å². The number of sulfone groups is 1. The van der Waals surface area contributed by atoms with Gasteiger partial charge in [0.2, 0.25) is 16.6 Å². The van der Waals surface area contributed by atoms with E-state index < -0.39 is 15.7 Å². The van der Waals surface area contributed by atoms with E-state index in [0.717, 1.165) is 16.9 Å². The summed E-state index contributed by atoms with van der Waals surface area (Å²) in [6, 6.07) is 4.49. The van der Waals surface area contributed by atoms with Crippen molar-refractivity contribution in [2.24, 2.45) is 12.8 Å². The first-order valence-corrected chi connectivity index (χ1v) is 10.8. The Hall–Kier alpha value is -2.85. The maximum absolute atomic E-state index is 13.5. The van der Waals surface area contributed by atoms with Gasteiger partial charge < -0.3 is 15.2 Å². The maximum Gasteiger partial charge on any atom is 0.259 e. The highest BCUT2D eigenvalue weighted by molar-refractivity contribution is 7.93. The van der Waals surface area contributed by atoms with E-state index in [-0.39, 0.29) is 20.8 Å². The van der Waals surface area contributed by atoms with Gasteiger partial charge in [-0.05, 0) is 36.1 Å². The van der Waals surface area contributed by atoms with Crippen molar-refractivity contribution < 1.29 is 22.7 Å². The molecule has 0 unspecified atom stereocenters. The monoisotopic (exact) mass is 417 g/mol. The van der Waals surface area contributed by atoms with Crippen LogP contribution in [0.3, 0.4) is 0 Å². The van der Waals surface area contributed by atoms with E-state index in [9.17, 15) is 13.2 Å². The molecule has 0 saturated heterocycles. The molecule has 1 aromatic carbocycles. The minimum absolute atomic E-state index is 0.0530. The van der Waals surface area contributed by atoms with Gasteiger partial charge in [-0.15, -0.1) is 11.3 Å². The topological polar surface area (TPSA) is 114 Å². The summed E-state index contributed by atoms with van der Waals surface area (Å²) in [5, 5.41) is 4.27. The predicted molar refractivity (Wildman–Crippen MR) is 100 cm³/mol. The van der Waals surface area contributed by atoms with Gasteiger partial charge in [-0.3, -0.25) is 9.48 Å². The first-order chi connectivity index (χ1) is 13.4. The van der Waals surface area contributed by atoms with Crippen molar-refractivity contribution in [1.29, 1.82) is 0 Å². The maximum atomic E-state index is 13.5. The lowest BCUT2D eigenvalue weighted by Crippen LogP contribution is -2.14. The van der Waals surface area contributed by atoms with Crippen LogP contribution in [0.1, 0.15) is 20.8 Å². The number of rotatable bonds is 3. The Morgan fingerprint density at radius 1 is 1.25 bits per heavy atom. The summed E-state index contributed by atoms with van der Waals surface area (Å²) in [5.41, 5.74) is 8.42. The lowest BCUT2D eigenvalue weighted by molar-refractivity contribution is 0.100. The number of carbonyl (C=O) groups is 1. The first-order valence-electron chi connectivity index (χ1n) is 8.49. The molecule has 1 aliphatic carbocycles. The van der Waals surface area contributed by atoms with Gasteiger partial charge in [0.1, 0.15) is 4.21 Å². The molecule has 2 aliphatic rings. The number of fused-ring (bicyclic) bond motifs is 4. The fourth-order valence-electron chi connectivity index (χ4n) is 3.71. The number of nitrogens with zero attached hydrogens (tertiary/aromatic N) is 2. The lowest BCUT2D eigenvalue weighted by Gasteiger charge is -2.16. The third-order valence-corrected chi connectivity index (χ3v) is 8.51. The van der Waals surface area contributed by atoms with Crippen molar-refractivity contribution in [3.05, 3.63) is 40.4 Å². The Labute approximate surface area is 164 Å². The first kappa shape index (κ1) is 17.3. The van der Waals surface area contributed by atoms with E-state index in [1.54, 1.807) is 24.0 Å². The molecule has 0 spiro atoms. The summed E-state index contributed by atoms with van der Waals surface area (Å²) in [7, 11) is -2.16. The Bertz CT molecular complexity index is 1260. The molecular weight excluding hydrogens is 402 g/mol. The summed E-state index contributed by atoms with van der Waals surface area (Å²) in [5.74, 6) is 0.251. The van der Waals surface area contributed by atoms with E-state index in [1.807, 2.05) is 0 Å². The molecule has 0 bridgehead atoms. The number of carbonyl (C=O) groups excluding carboxylic acids is 1. The molecular formula is C18H15N3O5S2. The molecule has 2 N–H and O–H groups in total. The summed E-state index contributed by atoms with van der Waals surface area (Å²) >= 11 is 0.918. The van der Waals surface area contributed by atoms with Gasteiger partial charge in [0, 0.05) is 18.7 Å². The number of hydrogen-bond donors (Lipinski definition) is 1. The number of hydrogen-bond acceptors (Lipinski definition) is 7. The quantitative estimate of drug-likeness (QED) is 0.696. The van der Waals surface area contributed by atoms with Crippen molar-refractivity contribution >= 4 is 27.1 Å². The van der Waals surface area contributed by atoms with Gasteiger partial charge in [-0.25, -0.2) is 8.42 Å². The molecule has 0 saturated carbocycles. The molecule has 0 atom stereocenters. The van der Waals surface area contributed by atoms with E-state index in [0.29, 0.717) is 41.2 Å². The third kappa shape index (κ3) is 2.31. The second-order valence-corrected chi connectivity index (χ2v) is 9.76. The molecule has 28 heavy (non-hydrogen) atoms. The van der Waals surface area contributed by atoms with Crippen LogP contribution in [0.4, 0.5) is 0 Å². The fraction of sp³-hybridized carbons (Fsp3) is 0.222. The highest BCUT2D eigenvalue weighted by Crippen LogP contribution is 2.47. The Kier molecular flexibility index (Phi) is 3.59. The largest absolute Gasteiger partial charge is 0.454 e. The lowest BCUT2D eigenvalue weighted by atomic mass is 9.92. The van der Waals surface area contributed by atoms with Crippen LogP contribution in [0.25, 0.3) is 11.3 Å². The predicted octanol–water partition coefficient (Wildman–Crippen LogP) is 1.91. The van der Waals surface area contributed by atoms with Gasteiger partial charge >= 0.3 is 0 Å². The second-order valence-electron chi connectivity index (χ2n) is 6.60. The fourth-order valence-corrected chi connectivity index (χ4v) is 6.83. The van der Waals surface area contributed by atoms with Crippen LogP contribution < -0.4 is 15.2 Å². The van der Waals surface area contributed by atoms with E-state index >= 15 is 0 Å². The van der Waals surface area contributed by atoms with E-state index in [2.05, 4.69) is 5.10 Å². The number of amides is 1. The third-order valence-electron chi connectivity index (χ3n) is 4.99. The molecule has 5 rings (SSSR count). The molecule has 0 radical (unpaired) electrons. The molecule has 10 heteroatoms.